The van der Waals surface area contributed by atoms with Crippen LogP contribution in [-0.4, -0.2) is 60.5 Å². The number of carbonyl (C=O) groups excluding carboxylic acids is 1. The van der Waals surface area contributed by atoms with Crippen LogP contribution >= 0.6 is 0 Å². The van der Waals surface area contributed by atoms with Crippen LogP contribution in [0.1, 0.15) is 28.8 Å². The average molecular weight is 415 g/mol. The van der Waals surface area contributed by atoms with Gasteiger partial charge >= 0.3 is 0 Å². The molecule has 3 aromatic rings. The van der Waals surface area contributed by atoms with Crippen LogP contribution in [0, 0.1) is 0 Å². The fourth-order valence-corrected chi connectivity index (χ4v) is 4.27. The topological polar surface area (TPSA) is 65.5 Å². The Morgan fingerprint density at radius 1 is 1.00 bits per heavy atom. The third-order valence-corrected chi connectivity index (χ3v) is 6.26. The van der Waals surface area contributed by atoms with Crippen LogP contribution in [-0.2, 0) is 5.41 Å². The number of hydrogen-bond donors (Lipinski definition) is 0. The van der Waals surface area contributed by atoms with Crippen LogP contribution in [0.25, 0.3) is 11.3 Å². The van der Waals surface area contributed by atoms with E-state index in [1.54, 1.807) is 25.2 Å². The number of fused-ring (bicyclic) bond motifs is 2. The summed E-state index contributed by atoms with van der Waals surface area (Å²) < 4.78 is 0. The van der Waals surface area contributed by atoms with Gasteiger partial charge in [-0.25, -0.2) is 9.97 Å². The summed E-state index contributed by atoms with van der Waals surface area (Å²) in [4.78, 5) is 32.1. The fraction of sp³-hybridized carbons (Fsp3) is 0.333. The van der Waals surface area contributed by atoms with Crippen LogP contribution in [0.4, 0.5) is 17.3 Å². The molecule has 2 aliphatic rings. The van der Waals surface area contributed by atoms with Gasteiger partial charge in [0.05, 0.1) is 5.69 Å². The van der Waals surface area contributed by atoms with Gasteiger partial charge < -0.3 is 14.7 Å². The quantitative estimate of drug-likeness (QED) is 0.651. The summed E-state index contributed by atoms with van der Waals surface area (Å²) in [6.07, 6.45) is 7.79. The number of pyridine rings is 1. The molecule has 3 heterocycles. The molecule has 0 atom stereocenters. The Kier molecular flexibility index (Phi) is 4.43. The molecule has 5 rings (SSSR count). The number of aromatic nitrogens is 3. The van der Waals surface area contributed by atoms with Crippen molar-refractivity contribution in [3.05, 3.63) is 60.0 Å². The van der Waals surface area contributed by atoms with Gasteiger partial charge in [-0.3, -0.25) is 9.78 Å². The molecule has 7 heteroatoms. The van der Waals surface area contributed by atoms with Crippen molar-refractivity contribution in [2.45, 2.75) is 18.3 Å². The van der Waals surface area contributed by atoms with E-state index in [-0.39, 0.29) is 11.3 Å². The van der Waals surface area contributed by atoms with Gasteiger partial charge in [-0.15, -0.1) is 0 Å². The van der Waals surface area contributed by atoms with Gasteiger partial charge in [0.15, 0.2) is 0 Å². The zero-order valence-electron chi connectivity index (χ0n) is 18.3. The molecule has 1 aromatic carbocycles. The maximum Gasteiger partial charge on any atom is 0.253 e. The molecule has 158 valence electrons. The van der Waals surface area contributed by atoms with Crippen molar-refractivity contribution in [2.24, 2.45) is 0 Å². The Morgan fingerprint density at radius 3 is 2.39 bits per heavy atom. The summed E-state index contributed by atoms with van der Waals surface area (Å²) in [5.74, 6) is 0.662. The number of rotatable bonds is 4. The summed E-state index contributed by atoms with van der Waals surface area (Å²) in [7, 11) is 7.56. The van der Waals surface area contributed by atoms with Crippen LogP contribution in [0.3, 0.4) is 0 Å². The molecule has 0 radical (unpaired) electrons. The van der Waals surface area contributed by atoms with Crippen LogP contribution in [0.5, 0.6) is 0 Å². The molecule has 0 saturated heterocycles. The predicted molar refractivity (Wildman–Crippen MR) is 122 cm³/mol. The van der Waals surface area contributed by atoms with E-state index in [1.807, 2.05) is 55.7 Å². The normalized spacial score (nSPS) is 15.7. The van der Waals surface area contributed by atoms with E-state index < -0.39 is 0 Å². The number of hydrogen-bond acceptors (Lipinski definition) is 6. The molecule has 0 N–H and O–H groups in total. The number of anilines is 3. The van der Waals surface area contributed by atoms with Gasteiger partial charge in [-0.2, -0.15) is 0 Å². The van der Waals surface area contributed by atoms with Crippen LogP contribution in [0.15, 0.2) is 48.9 Å². The predicted octanol–water partition coefficient (Wildman–Crippen LogP) is 3.49. The zero-order chi connectivity index (χ0) is 21.8. The number of carbonyl (C=O) groups is 1. The Balaban J connectivity index is 1.49. The molecule has 1 fully saturated rings. The molecule has 1 aliphatic heterocycles. The number of nitrogens with zero attached hydrogens (tertiary/aromatic N) is 6. The molecule has 7 nitrogen and oxygen atoms in total. The van der Waals surface area contributed by atoms with E-state index in [0.717, 1.165) is 42.0 Å². The van der Waals surface area contributed by atoms with Crippen LogP contribution < -0.4 is 9.80 Å². The molecule has 0 bridgehead atoms. The summed E-state index contributed by atoms with van der Waals surface area (Å²) >= 11 is 0. The lowest BCUT2D eigenvalue weighted by atomic mass is 9.97. The van der Waals surface area contributed by atoms with Crippen molar-refractivity contribution in [1.29, 1.82) is 0 Å². The van der Waals surface area contributed by atoms with Gasteiger partial charge in [-0.05, 0) is 42.7 Å². The Hall–Kier alpha value is -3.48. The Labute approximate surface area is 182 Å². The van der Waals surface area contributed by atoms with Crippen molar-refractivity contribution in [3.8, 4) is 11.3 Å². The maximum atomic E-state index is 12.5. The second-order valence-electron chi connectivity index (χ2n) is 8.86. The van der Waals surface area contributed by atoms with Gasteiger partial charge in [0.2, 0.25) is 5.95 Å². The van der Waals surface area contributed by atoms with Crippen LogP contribution in [0.2, 0.25) is 0 Å². The van der Waals surface area contributed by atoms with Crippen molar-refractivity contribution in [1.82, 2.24) is 19.9 Å². The fourth-order valence-electron chi connectivity index (χ4n) is 4.27. The highest BCUT2D eigenvalue weighted by atomic mass is 16.2. The first-order valence-electron chi connectivity index (χ1n) is 10.5. The van der Waals surface area contributed by atoms with E-state index in [0.29, 0.717) is 11.5 Å². The lowest BCUT2D eigenvalue weighted by molar-refractivity contribution is 0.0827. The second-order valence-corrected chi connectivity index (χ2v) is 8.86. The highest BCUT2D eigenvalue weighted by Gasteiger charge is 2.52. The Bertz CT molecular complexity index is 1150. The van der Waals surface area contributed by atoms with E-state index in [2.05, 4.69) is 25.9 Å². The molecular weight excluding hydrogens is 388 g/mol. The molecule has 31 heavy (non-hydrogen) atoms. The summed E-state index contributed by atoms with van der Waals surface area (Å²) in [5.41, 5.74) is 6.02. The summed E-state index contributed by atoms with van der Waals surface area (Å²) in [6.45, 7) is 0.857. The van der Waals surface area contributed by atoms with Gasteiger partial charge in [0.1, 0.15) is 0 Å². The smallest absolute Gasteiger partial charge is 0.253 e. The van der Waals surface area contributed by atoms with Crippen molar-refractivity contribution in [2.75, 3.05) is 44.5 Å². The van der Waals surface area contributed by atoms with Gasteiger partial charge in [0.25, 0.3) is 5.91 Å². The molecule has 1 saturated carbocycles. The Morgan fingerprint density at radius 2 is 1.74 bits per heavy atom. The monoisotopic (exact) mass is 414 g/mol. The van der Waals surface area contributed by atoms with E-state index in [1.165, 1.54) is 5.56 Å². The first-order chi connectivity index (χ1) is 14.9. The molecule has 1 aliphatic carbocycles. The molecule has 1 amide bonds. The van der Waals surface area contributed by atoms with Gasteiger partial charge in [-0.1, -0.05) is 6.07 Å². The van der Waals surface area contributed by atoms with Gasteiger partial charge in [0, 0.05) is 81.2 Å². The zero-order valence-corrected chi connectivity index (χ0v) is 18.3. The lowest BCUT2D eigenvalue weighted by Gasteiger charge is -2.19. The summed E-state index contributed by atoms with van der Waals surface area (Å²) in [5, 5.41) is 0. The third-order valence-electron chi connectivity index (χ3n) is 6.26. The van der Waals surface area contributed by atoms with Crippen molar-refractivity contribution < 1.29 is 4.79 Å². The van der Waals surface area contributed by atoms with Crippen molar-refractivity contribution in [3.63, 3.8) is 0 Å². The number of amides is 1. The van der Waals surface area contributed by atoms with Crippen molar-refractivity contribution >= 4 is 23.2 Å². The molecule has 0 unspecified atom stereocenters. The molecule has 2 aromatic heterocycles. The summed E-state index contributed by atoms with van der Waals surface area (Å²) in [6, 6.07) is 10.1. The van der Waals surface area contributed by atoms with E-state index >= 15 is 0 Å². The minimum Gasteiger partial charge on any atom is -0.378 e. The maximum absolute atomic E-state index is 12.5. The minimum absolute atomic E-state index is 0.00242. The largest absolute Gasteiger partial charge is 0.378 e. The average Bonchev–Trinajstić information content (AvgIpc) is 3.49. The third kappa shape index (κ3) is 3.30. The highest BCUT2D eigenvalue weighted by molar-refractivity contribution is 5.95. The first kappa shape index (κ1) is 19.5. The lowest BCUT2D eigenvalue weighted by Crippen LogP contribution is -2.22. The van der Waals surface area contributed by atoms with E-state index in [9.17, 15) is 4.79 Å². The first-order valence-corrected chi connectivity index (χ1v) is 10.5. The van der Waals surface area contributed by atoms with E-state index in [4.69, 9.17) is 0 Å². The standard InChI is InChI=1S/C24H26N6O/c1-28(2)18-7-10-25-20(12-18)17-13-26-23(27-14-17)30-15-24(8-9-24)19-6-5-16(11-21(19)30)22(31)29(3)4/h5-7,10-14H,8-9,15H2,1-4H3. The highest BCUT2D eigenvalue weighted by Crippen LogP contribution is 2.57. The SMILES string of the molecule is CN(C)C(=O)c1ccc2c(c1)N(c1ncc(-c3cc(N(C)C)ccn3)cn1)CC21CC1. The molecule has 1 spiro atoms. The number of benzene rings is 1. The minimum atomic E-state index is 0.00242. The molecular formula is C24H26N6O. The second kappa shape index (κ2) is 7.04.